The van der Waals surface area contributed by atoms with Crippen molar-refractivity contribution in [2.24, 2.45) is 0 Å². The normalized spacial score (nSPS) is 18.1. The number of aromatic nitrogens is 3. The molecule has 30 heavy (non-hydrogen) atoms. The average Bonchev–Trinajstić information content (AvgIpc) is 3.51. The van der Waals surface area contributed by atoms with E-state index in [0.717, 1.165) is 25.0 Å². The Morgan fingerprint density at radius 2 is 2.20 bits per heavy atom. The topological polar surface area (TPSA) is 69.5 Å². The summed E-state index contributed by atoms with van der Waals surface area (Å²) in [4.78, 5) is 18.9. The van der Waals surface area contributed by atoms with Gasteiger partial charge in [-0.25, -0.2) is 14.1 Å². The molecular formula is C22H21FN4O3. The van der Waals surface area contributed by atoms with Gasteiger partial charge in [-0.15, -0.1) is 0 Å². The van der Waals surface area contributed by atoms with Crippen molar-refractivity contribution in [1.82, 2.24) is 19.7 Å². The molecule has 0 spiro atoms. The van der Waals surface area contributed by atoms with Crippen LogP contribution in [-0.4, -0.2) is 44.9 Å². The fourth-order valence-electron chi connectivity index (χ4n) is 3.90. The fourth-order valence-corrected chi connectivity index (χ4v) is 3.90. The van der Waals surface area contributed by atoms with Crippen LogP contribution in [-0.2, 0) is 17.8 Å². The second-order valence-corrected chi connectivity index (χ2v) is 7.48. The van der Waals surface area contributed by atoms with Gasteiger partial charge in [-0.3, -0.25) is 4.79 Å². The third kappa shape index (κ3) is 3.54. The molecule has 2 aromatic heterocycles. The van der Waals surface area contributed by atoms with Crippen LogP contribution in [0.15, 0.2) is 48.9 Å². The van der Waals surface area contributed by atoms with Crippen LogP contribution in [0.2, 0.25) is 0 Å². The minimum absolute atomic E-state index is 0.0395. The van der Waals surface area contributed by atoms with Gasteiger partial charge < -0.3 is 14.4 Å². The summed E-state index contributed by atoms with van der Waals surface area (Å²) in [6.07, 6.45) is 7.03. The van der Waals surface area contributed by atoms with Crippen LogP contribution in [0.25, 0.3) is 5.69 Å². The average molecular weight is 408 g/mol. The zero-order chi connectivity index (χ0) is 20.5. The first-order chi connectivity index (χ1) is 14.7. The Bertz CT molecular complexity index is 1060. The summed E-state index contributed by atoms with van der Waals surface area (Å²) in [6.45, 7) is 1.68. The molecule has 1 unspecified atom stereocenters. The Balaban J connectivity index is 1.31. The molecular weight excluding hydrogens is 387 g/mol. The number of fused-ring (bicyclic) bond motifs is 1. The molecule has 0 radical (unpaired) electrons. The molecule has 8 heteroatoms. The van der Waals surface area contributed by atoms with E-state index in [-0.39, 0.29) is 24.4 Å². The smallest absolute Gasteiger partial charge is 0.260 e. The van der Waals surface area contributed by atoms with Crippen molar-refractivity contribution in [2.75, 3.05) is 13.2 Å². The summed E-state index contributed by atoms with van der Waals surface area (Å²) in [5.74, 6) is -0.249. The first kappa shape index (κ1) is 18.7. The van der Waals surface area contributed by atoms with Crippen LogP contribution in [0.1, 0.15) is 34.3 Å². The highest BCUT2D eigenvalue weighted by Crippen LogP contribution is 2.31. The van der Waals surface area contributed by atoms with E-state index in [2.05, 4.69) is 10.1 Å². The van der Waals surface area contributed by atoms with E-state index in [1.807, 2.05) is 6.07 Å². The lowest BCUT2D eigenvalue weighted by Crippen LogP contribution is -2.24. The SMILES string of the molecule is O=C1c2c(ccnc2OCC2CCCO2)CN1Cc1ccc(-n2cccn2)cc1F. The van der Waals surface area contributed by atoms with Gasteiger partial charge in [-0.05, 0) is 42.7 Å². The third-order valence-corrected chi connectivity index (χ3v) is 5.46. The molecule has 2 aliphatic rings. The van der Waals surface area contributed by atoms with E-state index >= 15 is 0 Å². The second-order valence-electron chi connectivity index (χ2n) is 7.48. The number of ether oxygens (including phenoxy) is 2. The van der Waals surface area contributed by atoms with Crippen molar-refractivity contribution in [3.8, 4) is 11.6 Å². The number of hydrogen-bond donors (Lipinski definition) is 0. The van der Waals surface area contributed by atoms with Gasteiger partial charge in [-0.1, -0.05) is 6.07 Å². The van der Waals surface area contributed by atoms with Gasteiger partial charge in [0, 0.05) is 43.9 Å². The van der Waals surface area contributed by atoms with Gasteiger partial charge >= 0.3 is 0 Å². The third-order valence-electron chi connectivity index (χ3n) is 5.46. The first-order valence-corrected chi connectivity index (χ1v) is 9.99. The lowest BCUT2D eigenvalue weighted by atomic mass is 10.1. The van der Waals surface area contributed by atoms with Gasteiger partial charge in [0.25, 0.3) is 5.91 Å². The summed E-state index contributed by atoms with van der Waals surface area (Å²) in [6, 6.07) is 8.49. The molecule has 7 nitrogen and oxygen atoms in total. The maximum absolute atomic E-state index is 14.7. The summed E-state index contributed by atoms with van der Waals surface area (Å²) in [5.41, 5.74) is 2.38. The van der Waals surface area contributed by atoms with E-state index in [9.17, 15) is 9.18 Å². The van der Waals surface area contributed by atoms with Crippen molar-refractivity contribution in [3.63, 3.8) is 0 Å². The van der Waals surface area contributed by atoms with Crippen molar-refractivity contribution in [1.29, 1.82) is 0 Å². The number of carbonyl (C=O) groups excluding carboxylic acids is 1. The van der Waals surface area contributed by atoms with Crippen molar-refractivity contribution >= 4 is 5.91 Å². The number of rotatable bonds is 6. The molecule has 1 saturated heterocycles. The largest absolute Gasteiger partial charge is 0.474 e. The van der Waals surface area contributed by atoms with Crippen LogP contribution in [0.4, 0.5) is 4.39 Å². The number of carbonyl (C=O) groups is 1. The van der Waals surface area contributed by atoms with E-state index in [4.69, 9.17) is 9.47 Å². The summed E-state index contributed by atoms with van der Waals surface area (Å²) < 4.78 is 27.7. The van der Waals surface area contributed by atoms with E-state index < -0.39 is 0 Å². The minimum Gasteiger partial charge on any atom is -0.474 e. The van der Waals surface area contributed by atoms with Crippen molar-refractivity contribution in [2.45, 2.75) is 32.0 Å². The molecule has 5 rings (SSSR count). The lowest BCUT2D eigenvalue weighted by Gasteiger charge is -2.17. The number of pyridine rings is 1. The highest BCUT2D eigenvalue weighted by atomic mass is 19.1. The van der Waals surface area contributed by atoms with Crippen LogP contribution in [0.5, 0.6) is 5.88 Å². The zero-order valence-electron chi connectivity index (χ0n) is 16.3. The second kappa shape index (κ2) is 7.87. The Hall–Kier alpha value is -3.26. The maximum atomic E-state index is 14.7. The number of hydrogen-bond acceptors (Lipinski definition) is 5. The number of benzene rings is 1. The van der Waals surface area contributed by atoms with Crippen LogP contribution in [0, 0.1) is 5.82 Å². The van der Waals surface area contributed by atoms with E-state index in [1.54, 1.807) is 46.4 Å². The van der Waals surface area contributed by atoms with E-state index in [1.165, 1.54) is 6.07 Å². The van der Waals surface area contributed by atoms with Crippen molar-refractivity contribution < 1.29 is 18.7 Å². The van der Waals surface area contributed by atoms with E-state index in [0.29, 0.717) is 35.8 Å². The standard InChI is InChI=1S/C22H21FN4O3/c23-19-11-17(27-9-2-7-25-27)5-4-15(19)12-26-13-16-6-8-24-21(20(16)22(26)28)30-14-18-3-1-10-29-18/h2,4-9,11,18H,1,3,10,12-14H2. The highest BCUT2D eigenvalue weighted by molar-refractivity contribution is 6.00. The Morgan fingerprint density at radius 1 is 1.27 bits per heavy atom. The summed E-state index contributed by atoms with van der Waals surface area (Å²) in [7, 11) is 0. The predicted molar refractivity (Wildman–Crippen MR) is 106 cm³/mol. The Morgan fingerprint density at radius 3 is 2.97 bits per heavy atom. The summed E-state index contributed by atoms with van der Waals surface area (Å²) >= 11 is 0. The quantitative estimate of drug-likeness (QED) is 0.627. The van der Waals surface area contributed by atoms with Gasteiger partial charge in [0.1, 0.15) is 18.0 Å². The van der Waals surface area contributed by atoms with Crippen LogP contribution >= 0.6 is 0 Å². The molecule has 154 valence electrons. The molecule has 1 amide bonds. The van der Waals surface area contributed by atoms with Gasteiger partial charge in [-0.2, -0.15) is 5.10 Å². The van der Waals surface area contributed by atoms with Crippen LogP contribution < -0.4 is 4.74 Å². The molecule has 1 aromatic carbocycles. The molecule has 3 aromatic rings. The van der Waals surface area contributed by atoms with Gasteiger partial charge in [0.2, 0.25) is 5.88 Å². The van der Waals surface area contributed by atoms with Crippen LogP contribution in [0.3, 0.4) is 0 Å². The maximum Gasteiger partial charge on any atom is 0.260 e. The molecule has 0 saturated carbocycles. The monoisotopic (exact) mass is 408 g/mol. The molecule has 0 aliphatic carbocycles. The minimum atomic E-state index is -0.375. The predicted octanol–water partition coefficient (Wildman–Crippen LogP) is 3.12. The molecule has 4 heterocycles. The Kier molecular flexibility index (Phi) is 4.92. The molecule has 1 atom stereocenters. The molecule has 0 N–H and O–H groups in total. The van der Waals surface area contributed by atoms with Gasteiger partial charge in [0.15, 0.2) is 0 Å². The number of nitrogens with zero attached hydrogens (tertiary/aromatic N) is 4. The highest BCUT2D eigenvalue weighted by Gasteiger charge is 2.32. The zero-order valence-corrected chi connectivity index (χ0v) is 16.3. The fraction of sp³-hybridized carbons (Fsp3) is 0.318. The first-order valence-electron chi connectivity index (χ1n) is 9.99. The lowest BCUT2D eigenvalue weighted by molar-refractivity contribution is 0.0643. The molecule has 2 aliphatic heterocycles. The number of halogens is 1. The Labute approximate surface area is 173 Å². The summed E-state index contributed by atoms with van der Waals surface area (Å²) in [5, 5.41) is 4.11. The molecule has 0 bridgehead atoms. The molecule has 1 fully saturated rings. The number of amides is 1. The van der Waals surface area contributed by atoms with Crippen molar-refractivity contribution in [3.05, 3.63) is 71.4 Å². The van der Waals surface area contributed by atoms with Gasteiger partial charge in [0.05, 0.1) is 11.8 Å².